The largest absolute Gasteiger partial charge is 0.389 e. The molecule has 0 aliphatic rings. The van der Waals surface area contributed by atoms with Crippen molar-refractivity contribution < 1.29 is 5.11 Å². The van der Waals surface area contributed by atoms with Crippen LogP contribution >= 0.6 is 0 Å². The molecule has 0 amide bonds. The Bertz CT molecular complexity index is 78.8. The fourth-order valence-electron chi connectivity index (χ4n) is 0.898. The SMILES string of the molecule is C=C[C@@H](O)CCCCCC. The van der Waals surface area contributed by atoms with Gasteiger partial charge >= 0.3 is 0 Å². The Kier molecular flexibility index (Phi) is 6.61. The number of aliphatic hydroxyl groups is 1. The third-order valence-electron chi connectivity index (χ3n) is 1.63. The summed E-state index contributed by atoms with van der Waals surface area (Å²) in [5.74, 6) is 0. The fraction of sp³-hybridized carbons (Fsp3) is 0.778. The van der Waals surface area contributed by atoms with Crippen molar-refractivity contribution in [1.82, 2.24) is 0 Å². The minimum Gasteiger partial charge on any atom is -0.389 e. The number of unbranched alkanes of at least 4 members (excludes halogenated alkanes) is 3. The molecule has 0 fully saturated rings. The molecule has 1 nitrogen and oxygen atoms in total. The Morgan fingerprint density at radius 2 is 2.10 bits per heavy atom. The van der Waals surface area contributed by atoms with Crippen LogP contribution in [0, 0.1) is 0 Å². The summed E-state index contributed by atoms with van der Waals surface area (Å²) in [5.41, 5.74) is 0. The lowest BCUT2D eigenvalue weighted by Crippen LogP contribution is -2.00. The first-order chi connectivity index (χ1) is 4.81. The van der Waals surface area contributed by atoms with Gasteiger partial charge in [-0.15, -0.1) is 6.58 Å². The minimum atomic E-state index is -0.281. The molecule has 0 saturated carbocycles. The van der Waals surface area contributed by atoms with Crippen LogP contribution in [0.25, 0.3) is 0 Å². The van der Waals surface area contributed by atoms with Crippen LogP contribution < -0.4 is 0 Å². The Morgan fingerprint density at radius 1 is 1.40 bits per heavy atom. The molecule has 0 aromatic carbocycles. The van der Waals surface area contributed by atoms with Gasteiger partial charge in [0.15, 0.2) is 0 Å². The molecule has 1 heteroatoms. The van der Waals surface area contributed by atoms with Crippen molar-refractivity contribution in [1.29, 1.82) is 0 Å². The zero-order valence-corrected chi connectivity index (χ0v) is 6.84. The summed E-state index contributed by atoms with van der Waals surface area (Å²) >= 11 is 0. The smallest absolute Gasteiger partial charge is 0.0718 e. The van der Waals surface area contributed by atoms with Gasteiger partial charge in [0.05, 0.1) is 6.10 Å². The molecule has 0 aromatic heterocycles. The van der Waals surface area contributed by atoms with Crippen molar-refractivity contribution in [3.63, 3.8) is 0 Å². The van der Waals surface area contributed by atoms with Crippen LogP contribution in [-0.4, -0.2) is 11.2 Å². The predicted molar refractivity (Wildman–Crippen MR) is 45.0 cm³/mol. The summed E-state index contributed by atoms with van der Waals surface area (Å²) in [4.78, 5) is 0. The van der Waals surface area contributed by atoms with E-state index in [0.29, 0.717) is 0 Å². The maximum absolute atomic E-state index is 9.04. The average Bonchev–Trinajstić information content (AvgIpc) is 1.98. The van der Waals surface area contributed by atoms with E-state index in [1.54, 1.807) is 6.08 Å². The monoisotopic (exact) mass is 142 g/mol. The second-order valence-corrected chi connectivity index (χ2v) is 2.65. The Labute approximate surface area is 63.8 Å². The molecule has 1 N–H and O–H groups in total. The molecule has 0 radical (unpaired) electrons. The van der Waals surface area contributed by atoms with Crippen molar-refractivity contribution in [3.05, 3.63) is 12.7 Å². The van der Waals surface area contributed by atoms with E-state index in [0.717, 1.165) is 12.8 Å². The summed E-state index contributed by atoms with van der Waals surface area (Å²) in [5, 5.41) is 9.04. The van der Waals surface area contributed by atoms with Crippen molar-refractivity contribution in [2.75, 3.05) is 0 Å². The summed E-state index contributed by atoms with van der Waals surface area (Å²) in [7, 11) is 0. The molecule has 0 unspecified atom stereocenters. The van der Waals surface area contributed by atoms with E-state index < -0.39 is 0 Å². The molecule has 0 rings (SSSR count). The van der Waals surface area contributed by atoms with Gasteiger partial charge in [-0.25, -0.2) is 0 Å². The van der Waals surface area contributed by atoms with E-state index in [1.165, 1.54) is 19.3 Å². The highest BCUT2D eigenvalue weighted by atomic mass is 16.3. The molecule has 0 spiro atoms. The molecule has 0 bridgehead atoms. The maximum atomic E-state index is 9.04. The van der Waals surface area contributed by atoms with Gasteiger partial charge in [-0.05, 0) is 6.42 Å². The first-order valence-electron chi connectivity index (χ1n) is 4.12. The van der Waals surface area contributed by atoms with E-state index in [4.69, 9.17) is 5.11 Å². The number of aliphatic hydroxyl groups excluding tert-OH is 1. The van der Waals surface area contributed by atoms with Gasteiger partial charge in [0.1, 0.15) is 0 Å². The molecule has 0 aliphatic heterocycles. The Balaban J connectivity index is 2.95. The van der Waals surface area contributed by atoms with Gasteiger partial charge in [0.25, 0.3) is 0 Å². The van der Waals surface area contributed by atoms with Crippen LogP contribution in [0.5, 0.6) is 0 Å². The van der Waals surface area contributed by atoms with Crippen LogP contribution in [0.3, 0.4) is 0 Å². The van der Waals surface area contributed by atoms with Gasteiger partial charge in [0, 0.05) is 0 Å². The maximum Gasteiger partial charge on any atom is 0.0718 e. The minimum absolute atomic E-state index is 0.281. The molecule has 60 valence electrons. The highest BCUT2D eigenvalue weighted by Crippen LogP contribution is 2.05. The lowest BCUT2D eigenvalue weighted by atomic mass is 10.1. The highest BCUT2D eigenvalue weighted by molar-refractivity contribution is 4.77. The van der Waals surface area contributed by atoms with E-state index in [1.807, 2.05) is 0 Å². The zero-order chi connectivity index (χ0) is 7.82. The van der Waals surface area contributed by atoms with Crippen molar-refractivity contribution in [2.24, 2.45) is 0 Å². The van der Waals surface area contributed by atoms with Gasteiger partial charge in [-0.2, -0.15) is 0 Å². The van der Waals surface area contributed by atoms with Gasteiger partial charge < -0.3 is 5.11 Å². The summed E-state index contributed by atoms with van der Waals surface area (Å²) in [6.07, 6.45) is 7.10. The van der Waals surface area contributed by atoms with Crippen LogP contribution in [0.15, 0.2) is 12.7 Å². The second kappa shape index (κ2) is 6.81. The third-order valence-corrected chi connectivity index (χ3v) is 1.63. The molecule has 0 heterocycles. The van der Waals surface area contributed by atoms with Crippen LogP contribution in [-0.2, 0) is 0 Å². The molecule has 1 atom stereocenters. The fourth-order valence-corrected chi connectivity index (χ4v) is 0.898. The van der Waals surface area contributed by atoms with Crippen LogP contribution in [0.4, 0.5) is 0 Å². The average molecular weight is 142 g/mol. The highest BCUT2D eigenvalue weighted by Gasteiger charge is 1.95. The topological polar surface area (TPSA) is 20.2 Å². The lowest BCUT2D eigenvalue weighted by Gasteiger charge is -2.02. The molecule has 10 heavy (non-hydrogen) atoms. The Morgan fingerprint density at radius 3 is 2.60 bits per heavy atom. The van der Waals surface area contributed by atoms with Crippen molar-refractivity contribution >= 4 is 0 Å². The van der Waals surface area contributed by atoms with Crippen molar-refractivity contribution in [2.45, 2.75) is 45.1 Å². The quantitative estimate of drug-likeness (QED) is 0.446. The molecule has 0 aliphatic carbocycles. The standard InChI is InChI=1S/C9H18O/c1-3-5-6-7-8-9(10)4-2/h4,9-10H,2-3,5-8H2,1H3/t9-/m1/s1. The molecule has 0 aromatic rings. The normalized spacial score (nSPS) is 13.0. The van der Waals surface area contributed by atoms with Gasteiger partial charge in [0.2, 0.25) is 0 Å². The van der Waals surface area contributed by atoms with E-state index in [-0.39, 0.29) is 6.10 Å². The third kappa shape index (κ3) is 5.83. The first kappa shape index (κ1) is 9.70. The van der Waals surface area contributed by atoms with Gasteiger partial charge in [-0.1, -0.05) is 38.7 Å². The Hall–Kier alpha value is -0.300. The van der Waals surface area contributed by atoms with Gasteiger partial charge in [-0.3, -0.25) is 0 Å². The summed E-state index contributed by atoms with van der Waals surface area (Å²) < 4.78 is 0. The van der Waals surface area contributed by atoms with Crippen LogP contribution in [0.1, 0.15) is 39.0 Å². The van der Waals surface area contributed by atoms with E-state index in [2.05, 4.69) is 13.5 Å². The van der Waals surface area contributed by atoms with Crippen molar-refractivity contribution in [3.8, 4) is 0 Å². The number of rotatable bonds is 6. The second-order valence-electron chi connectivity index (χ2n) is 2.65. The number of hydrogen-bond donors (Lipinski definition) is 1. The zero-order valence-electron chi connectivity index (χ0n) is 6.84. The molecular formula is C9H18O. The van der Waals surface area contributed by atoms with E-state index in [9.17, 15) is 0 Å². The molecular weight excluding hydrogens is 124 g/mol. The molecule has 0 saturated heterocycles. The lowest BCUT2D eigenvalue weighted by molar-refractivity contribution is 0.208. The van der Waals surface area contributed by atoms with E-state index >= 15 is 0 Å². The summed E-state index contributed by atoms with van der Waals surface area (Å²) in [6.45, 7) is 5.69. The summed E-state index contributed by atoms with van der Waals surface area (Å²) in [6, 6.07) is 0. The van der Waals surface area contributed by atoms with Crippen LogP contribution in [0.2, 0.25) is 0 Å². The predicted octanol–water partition coefficient (Wildman–Crippen LogP) is 2.50. The first-order valence-corrected chi connectivity index (χ1v) is 4.12. The number of hydrogen-bond acceptors (Lipinski definition) is 1.